The summed E-state index contributed by atoms with van der Waals surface area (Å²) in [5.74, 6) is -1.11. The second-order valence-corrected chi connectivity index (χ2v) is 5.34. The summed E-state index contributed by atoms with van der Waals surface area (Å²) >= 11 is 0. The Morgan fingerprint density at radius 2 is 1.56 bits per heavy atom. The summed E-state index contributed by atoms with van der Waals surface area (Å²) in [5.41, 5.74) is 2.88. The lowest BCUT2D eigenvalue weighted by Gasteiger charge is -2.14. The van der Waals surface area contributed by atoms with Gasteiger partial charge in [0.05, 0.1) is 6.61 Å². The van der Waals surface area contributed by atoms with Crippen molar-refractivity contribution in [2.75, 3.05) is 6.61 Å². The van der Waals surface area contributed by atoms with Crippen LogP contribution < -0.4 is 5.32 Å². The molecule has 1 unspecified atom stereocenters. The van der Waals surface area contributed by atoms with Crippen molar-refractivity contribution in [3.63, 3.8) is 0 Å². The van der Waals surface area contributed by atoms with E-state index in [9.17, 15) is 14.7 Å². The van der Waals surface area contributed by atoms with Crippen LogP contribution in [0.5, 0.6) is 0 Å². The number of hydrogen-bond donors (Lipinski definition) is 2. The van der Waals surface area contributed by atoms with Crippen molar-refractivity contribution in [1.29, 1.82) is 0 Å². The number of nitrogens with one attached hydrogen (secondary N) is 1. The van der Waals surface area contributed by atoms with Gasteiger partial charge in [-0.15, -0.1) is 0 Å². The van der Waals surface area contributed by atoms with Crippen molar-refractivity contribution in [2.45, 2.75) is 19.4 Å². The highest BCUT2D eigenvalue weighted by Gasteiger charge is 2.19. The number of aliphatic carboxylic acids is 1. The summed E-state index contributed by atoms with van der Waals surface area (Å²) in [7, 11) is 0. The number of ether oxygens (including phenoxy) is 1. The summed E-state index contributed by atoms with van der Waals surface area (Å²) in [6.07, 6.45) is 1.24. The average Bonchev–Trinajstić information content (AvgIpc) is 2.63. The number of carbonyl (C=O) groups excluding carboxylic acids is 1. The van der Waals surface area contributed by atoms with E-state index in [1.54, 1.807) is 6.92 Å². The van der Waals surface area contributed by atoms with Crippen molar-refractivity contribution in [1.82, 2.24) is 5.32 Å². The first-order valence-electron chi connectivity index (χ1n) is 8.09. The van der Waals surface area contributed by atoms with Gasteiger partial charge >= 0.3 is 12.1 Å². The molecule has 0 aliphatic carbocycles. The summed E-state index contributed by atoms with van der Waals surface area (Å²) in [4.78, 5) is 23.0. The van der Waals surface area contributed by atoms with Crippen LogP contribution in [0.4, 0.5) is 4.79 Å². The Balaban J connectivity index is 2.27. The Morgan fingerprint density at radius 3 is 2.00 bits per heavy atom. The van der Waals surface area contributed by atoms with E-state index in [4.69, 9.17) is 4.74 Å². The van der Waals surface area contributed by atoms with Crippen molar-refractivity contribution >= 4 is 17.6 Å². The Labute approximate surface area is 146 Å². The molecule has 5 heteroatoms. The monoisotopic (exact) mass is 339 g/mol. The molecule has 2 aromatic rings. The topological polar surface area (TPSA) is 75.6 Å². The Hall–Kier alpha value is -3.08. The molecule has 5 nitrogen and oxygen atoms in total. The van der Waals surface area contributed by atoms with Gasteiger partial charge in [0, 0.05) is 0 Å². The minimum Gasteiger partial charge on any atom is -0.480 e. The van der Waals surface area contributed by atoms with Crippen LogP contribution in [-0.2, 0) is 9.53 Å². The molecular formula is C20H21NO4. The van der Waals surface area contributed by atoms with E-state index in [2.05, 4.69) is 5.32 Å². The smallest absolute Gasteiger partial charge is 0.407 e. The number of carbonyl (C=O) groups is 2. The number of carboxylic acid groups (broad SMARTS) is 1. The third-order valence-corrected chi connectivity index (χ3v) is 3.59. The van der Waals surface area contributed by atoms with E-state index >= 15 is 0 Å². The standard InChI is InChI=1S/C20H21NO4/c1-2-25-20(24)21-18(19(22)23)14-13-17(15-9-5-3-6-10-15)16-11-7-4-8-12-16/h3-13,18H,2,14H2,1H3,(H,21,24)(H,22,23). The molecule has 0 aliphatic heterocycles. The fourth-order valence-corrected chi connectivity index (χ4v) is 2.41. The van der Waals surface area contributed by atoms with Gasteiger partial charge in [0.15, 0.2) is 0 Å². The normalized spacial score (nSPS) is 11.2. The number of hydrogen-bond acceptors (Lipinski definition) is 3. The quantitative estimate of drug-likeness (QED) is 0.806. The van der Waals surface area contributed by atoms with Crippen molar-refractivity contribution in [2.24, 2.45) is 0 Å². The predicted molar refractivity (Wildman–Crippen MR) is 96.2 cm³/mol. The summed E-state index contributed by atoms with van der Waals surface area (Å²) < 4.78 is 4.76. The number of rotatable bonds is 7. The largest absolute Gasteiger partial charge is 0.480 e. The summed E-state index contributed by atoms with van der Waals surface area (Å²) in [6.45, 7) is 1.85. The minimum absolute atomic E-state index is 0.146. The van der Waals surface area contributed by atoms with Crippen LogP contribution in [0.15, 0.2) is 66.7 Å². The molecule has 2 rings (SSSR count). The molecule has 0 radical (unpaired) electrons. The van der Waals surface area contributed by atoms with Gasteiger partial charge < -0.3 is 15.2 Å². The molecular weight excluding hydrogens is 318 g/mol. The van der Waals surface area contributed by atoms with Crippen LogP contribution in [0.2, 0.25) is 0 Å². The van der Waals surface area contributed by atoms with E-state index in [-0.39, 0.29) is 13.0 Å². The zero-order valence-corrected chi connectivity index (χ0v) is 14.0. The highest BCUT2D eigenvalue weighted by Crippen LogP contribution is 2.24. The number of benzene rings is 2. The molecule has 0 aliphatic rings. The maximum atomic E-state index is 11.5. The van der Waals surface area contributed by atoms with Gasteiger partial charge in [0.25, 0.3) is 0 Å². The molecule has 0 saturated heterocycles. The molecule has 1 amide bonds. The molecule has 0 saturated carbocycles. The molecule has 130 valence electrons. The molecule has 0 aromatic heterocycles. The first-order valence-corrected chi connectivity index (χ1v) is 8.09. The van der Waals surface area contributed by atoms with Crippen molar-refractivity contribution in [3.8, 4) is 0 Å². The van der Waals surface area contributed by atoms with Crippen molar-refractivity contribution < 1.29 is 19.4 Å². The first-order chi connectivity index (χ1) is 12.1. The van der Waals surface area contributed by atoms with Gasteiger partial charge in [-0.1, -0.05) is 66.7 Å². The van der Waals surface area contributed by atoms with Gasteiger partial charge in [-0.05, 0) is 30.0 Å². The van der Waals surface area contributed by atoms with Crippen LogP contribution in [0.3, 0.4) is 0 Å². The lowest BCUT2D eigenvalue weighted by atomic mass is 9.96. The van der Waals surface area contributed by atoms with Crippen LogP contribution >= 0.6 is 0 Å². The molecule has 2 aromatic carbocycles. The average molecular weight is 339 g/mol. The maximum absolute atomic E-state index is 11.5. The molecule has 0 spiro atoms. The molecule has 0 fully saturated rings. The van der Waals surface area contributed by atoms with Gasteiger partial charge in [-0.2, -0.15) is 0 Å². The fraction of sp³-hybridized carbons (Fsp3) is 0.200. The third-order valence-electron chi connectivity index (χ3n) is 3.59. The number of amides is 1. The van der Waals surface area contributed by atoms with Crippen LogP contribution in [-0.4, -0.2) is 29.8 Å². The van der Waals surface area contributed by atoms with Crippen LogP contribution in [0, 0.1) is 0 Å². The van der Waals surface area contributed by atoms with Crippen LogP contribution in [0.1, 0.15) is 24.5 Å². The summed E-state index contributed by atoms with van der Waals surface area (Å²) in [6, 6.07) is 18.4. The molecule has 1 atom stereocenters. The summed E-state index contributed by atoms with van der Waals surface area (Å²) in [5, 5.41) is 11.7. The van der Waals surface area contributed by atoms with Gasteiger partial charge in [-0.25, -0.2) is 9.59 Å². The first kappa shape index (κ1) is 18.3. The highest BCUT2D eigenvalue weighted by atomic mass is 16.5. The fourth-order valence-electron chi connectivity index (χ4n) is 2.41. The Bertz CT molecular complexity index is 684. The number of alkyl carbamates (subject to hydrolysis) is 1. The van der Waals surface area contributed by atoms with E-state index in [1.807, 2.05) is 66.7 Å². The number of carboxylic acids is 1. The minimum atomic E-state index is -1.11. The second kappa shape index (κ2) is 9.27. The SMILES string of the molecule is CCOC(=O)NC(CC=C(c1ccccc1)c1ccccc1)C(=O)O. The maximum Gasteiger partial charge on any atom is 0.407 e. The van der Waals surface area contributed by atoms with Crippen LogP contribution in [0.25, 0.3) is 5.57 Å². The van der Waals surface area contributed by atoms with Gasteiger partial charge in [0.1, 0.15) is 6.04 Å². The Kier molecular flexibility index (Phi) is 6.77. The molecule has 0 heterocycles. The van der Waals surface area contributed by atoms with E-state index in [0.717, 1.165) is 16.7 Å². The lowest BCUT2D eigenvalue weighted by molar-refractivity contribution is -0.139. The highest BCUT2D eigenvalue weighted by molar-refractivity contribution is 5.82. The predicted octanol–water partition coefficient (Wildman–Crippen LogP) is 3.71. The Morgan fingerprint density at radius 1 is 1.04 bits per heavy atom. The lowest BCUT2D eigenvalue weighted by Crippen LogP contribution is -2.40. The molecule has 0 bridgehead atoms. The van der Waals surface area contributed by atoms with Gasteiger partial charge in [0.2, 0.25) is 0 Å². The molecule has 25 heavy (non-hydrogen) atoms. The van der Waals surface area contributed by atoms with E-state index < -0.39 is 18.1 Å². The molecule has 2 N–H and O–H groups in total. The van der Waals surface area contributed by atoms with Crippen molar-refractivity contribution in [3.05, 3.63) is 77.9 Å². The van der Waals surface area contributed by atoms with Gasteiger partial charge in [-0.3, -0.25) is 0 Å². The zero-order valence-electron chi connectivity index (χ0n) is 14.0. The van der Waals surface area contributed by atoms with E-state index in [0.29, 0.717) is 0 Å². The zero-order chi connectivity index (χ0) is 18.1. The van der Waals surface area contributed by atoms with E-state index in [1.165, 1.54) is 0 Å². The second-order valence-electron chi connectivity index (χ2n) is 5.34. The third kappa shape index (κ3) is 5.49.